The predicted octanol–water partition coefficient (Wildman–Crippen LogP) is -0.535. The number of hydrogen-bond acceptors (Lipinski definition) is 6. The molecule has 0 spiro atoms. The first-order valence-corrected chi connectivity index (χ1v) is 6.29. The molecule has 1 aliphatic heterocycles. The average Bonchev–Trinajstić information content (AvgIpc) is 2.62. The Balaban J connectivity index is 2.42. The lowest BCUT2D eigenvalue weighted by atomic mass is 9.93. The zero-order chi connectivity index (χ0) is 14.3. The van der Waals surface area contributed by atoms with Crippen LogP contribution < -0.4 is 11.4 Å². The molecule has 1 saturated heterocycles. The summed E-state index contributed by atoms with van der Waals surface area (Å²) in [4.78, 5) is 15.4. The highest BCUT2D eigenvalue weighted by atomic mass is 35.5. The van der Waals surface area contributed by atoms with Crippen LogP contribution in [0.4, 0.5) is 5.82 Å². The molecule has 1 aromatic rings. The van der Waals surface area contributed by atoms with Gasteiger partial charge in [0.05, 0.1) is 12.5 Å². The Labute approximate surface area is 114 Å². The number of nitrogens with zero attached hydrogens (tertiary/aromatic N) is 2. The lowest BCUT2D eigenvalue weighted by molar-refractivity contribution is -0.119. The summed E-state index contributed by atoms with van der Waals surface area (Å²) in [6, 6.07) is 1.43. The molecule has 0 aliphatic carbocycles. The Bertz CT molecular complexity index is 527. The smallest absolute Gasteiger partial charge is 0.351 e. The average molecular weight is 290 g/mol. The molecular weight excluding hydrogens is 274 g/mol. The van der Waals surface area contributed by atoms with E-state index >= 15 is 0 Å². The molecule has 3 atom stereocenters. The van der Waals surface area contributed by atoms with Gasteiger partial charge in [-0.1, -0.05) is 0 Å². The fourth-order valence-electron chi connectivity index (χ4n) is 2.32. The highest BCUT2D eigenvalue weighted by molar-refractivity contribution is 6.18. The number of rotatable bonds is 3. The molecule has 7 nitrogen and oxygen atoms in total. The monoisotopic (exact) mass is 289 g/mol. The number of nitrogens with two attached hydrogens (primary N) is 1. The zero-order valence-electron chi connectivity index (χ0n) is 10.4. The van der Waals surface area contributed by atoms with E-state index < -0.39 is 23.1 Å². The van der Waals surface area contributed by atoms with Gasteiger partial charge in [-0.2, -0.15) is 4.98 Å². The van der Waals surface area contributed by atoms with Crippen LogP contribution in [0.2, 0.25) is 0 Å². The van der Waals surface area contributed by atoms with Crippen LogP contribution in [0.3, 0.4) is 0 Å². The van der Waals surface area contributed by atoms with E-state index in [9.17, 15) is 15.0 Å². The molecule has 8 heteroatoms. The number of aliphatic hydroxyl groups excluding tert-OH is 1. The highest BCUT2D eigenvalue weighted by Crippen LogP contribution is 2.43. The first-order valence-electron chi connectivity index (χ1n) is 5.75. The van der Waals surface area contributed by atoms with E-state index in [1.54, 1.807) is 0 Å². The third kappa shape index (κ3) is 2.46. The summed E-state index contributed by atoms with van der Waals surface area (Å²) in [5, 5.41) is 19.8. The van der Waals surface area contributed by atoms with Crippen LogP contribution in [-0.4, -0.2) is 43.5 Å². The van der Waals surface area contributed by atoms with E-state index in [-0.39, 0.29) is 24.7 Å². The van der Waals surface area contributed by atoms with Gasteiger partial charge in [-0.05, 0) is 13.0 Å². The largest absolute Gasteiger partial charge is 0.393 e. The van der Waals surface area contributed by atoms with Gasteiger partial charge in [-0.3, -0.25) is 4.57 Å². The van der Waals surface area contributed by atoms with E-state index in [1.165, 1.54) is 19.2 Å². The molecule has 4 N–H and O–H groups in total. The number of halogens is 1. The molecule has 0 radical (unpaired) electrons. The molecule has 1 aliphatic rings. The second-order valence-corrected chi connectivity index (χ2v) is 5.29. The zero-order valence-corrected chi connectivity index (χ0v) is 11.2. The lowest BCUT2D eigenvalue weighted by Crippen LogP contribution is -2.38. The maximum absolute atomic E-state index is 11.8. The van der Waals surface area contributed by atoms with E-state index in [2.05, 4.69) is 4.98 Å². The maximum atomic E-state index is 11.8. The van der Waals surface area contributed by atoms with Crippen molar-refractivity contribution in [2.45, 2.75) is 30.8 Å². The van der Waals surface area contributed by atoms with Crippen molar-refractivity contribution in [3.05, 3.63) is 22.7 Å². The summed E-state index contributed by atoms with van der Waals surface area (Å²) in [5.74, 6) is 0.0949. The van der Waals surface area contributed by atoms with Gasteiger partial charge < -0.3 is 20.7 Å². The summed E-state index contributed by atoms with van der Waals surface area (Å²) in [5.41, 5.74) is 2.36. The fourth-order valence-corrected chi connectivity index (χ4v) is 2.56. The molecule has 0 saturated carbocycles. The number of aliphatic hydroxyl groups is 2. The van der Waals surface area contributed by atoms with Gasteiger partial charge in [-0.15, -0.1) is 11.6 Å². The fraction of sp³-hybridized carbons (Fsp3) is 0.636. The van der Waals surface area contributed by atoms with E-state index in [1.807, 2.05) is 0 Å². The van der Waals surface area contributed by atoms with E-state index in [0.717, 1.165) is 4.57 Å². The van der Waals surface area contributed by atoms with Crippen molar-refractivity contribution in [3.63, 3.8) is 0 Å². The first-order chi connectivity index (χ1) is 8.83. The van der Waals surface area contributed by atoms with Crippen LogP contribution >= 0.6 is 11.6 Å². The standard InChI is InChI=1S/C11H16ClN3O4/c1-10(18)4-11(5-12,6-16)19-8(10)15-3-2-7(13)14-9(15)17/h2-3,8,16,18H,4-6H2,1H3,(H2,13,14,17). The quantitative estimate of drug-likeness (QED) is 0.645. The number of anilines is 1. The lowest BCUT2D eigenvalue weighted by Gasteiger charge is -2.25. The SMILES string of the molecule is CC1(O)CC(CO)(CCl)OC1n1ccc(N)nc1=O. The van der Waals surface area contributed by atoms with Crippen molar-refractivity contribution in [1.29, 1.82) is 0 Å². The van der Waals surface area contributed by atoms with Crippen molar-refractivity contribution in [3.8, 4) is 0 Å². The Hall–Kier alpha value is -1.15. The van der Waals surface area contributed by atoms with Gasteiger partial charge in [0.25, 0.3) is 0 Å². The first kappa shape index (κ1) is 14.3. The van der Waals surface area contributed by atoms with Crippen molar-refractivity contribution in [1.82, 2.24) is 9.55 Å². The van der Waals surface area contributed by atoms with Crippen LogP contribution in [0.5, 0.6) is 0 Å². The molecule has 106 valence electrons. The van der Waals surface area contributed by atoms with Crippen LogP contribution in [0.1, 0.15) is 19.6 Å². The van der Waals surface area contributed by atoms with Crippen molar-refractivity contribution in [2.24, 2.45) is 0 Å². The second-order valence-electron chi connectivity index (χ2n) is 5.02. The van der Waals surface area contributed by atoms with Gasteiger partial charge >= 0.3 is 5.69 Å². The third-order valence-corrected chi connectivity index (χ3v) is 3.70. The van der Waals surface area contributed by atoms with Crippen molar-refractivity contribution < 1.29 is 14.9 Å². The van der Waals surface area contributed by atoms with Crippen LogP contribution in [-0.2, 0) is 4.74 Å². The Kier molecular flexibility index (Phi) is 3.57. The molecule has 1 fully saturated rings. The van der Waals surface area contributed by atoms with E-state index in [0.29, 0.717) is 0 Å². The molecule has 2 rings (SSSR count). The predicted molar refractivity (Wildman–Crippen MR) is 68.8 cm³/mol. The minimum atomic E-state index is -1.35. The number of nitrogen functional groups attached to an aromatic ring is 1. The molecule has 1 aromatic heterocycles. The summed E-state index contributed by atoms with van der Waals surface area (Å²) in [6.45, 7) is 1.17. The van der Waals surface area contributed by atoms with Gasteiger partial charge in [0, 0.05) is 12.6 Å². The molecule has 19 heavy (non-hydrogen) atoms. The van der Waals surface area contributed by atoms with E-state index in [4.69, 9.17) is 22.1 Å². The normalized spacial score (nSPS) is 34.6. The molecule has 0 amide bonds. The second kappa shape index (κ2) is 4.75. The van der Waals surface area contributed by atoms with Gasteiger partial charge in [0.15, 0.2) is 6.23 Å². The number of ether oxygens (including phenoxy) is 1. The molecule has 2 heterocycles. The Morgan fingerprint density at radius 1 is 1.74 bits per heavy atom. The number of aromatic nitrogens is 2. The number of alkyl halides is 1. The maximum Gasteiger partial charge on any atom is 0.351 e. The minimum absolute atomic E-state index is 0.00724. The molecular formula is C11H16ClN3O4. The Morgan fingerprint density at radius 3 is 2.89 bits per heavy atom. The summed E-state index contributed by atoms with van der Waals surface area (Å²) >= 11 is 5.79. The van der Waals surface area contributed by atoms with Gasteiger partial charge in [0.1, 0.15) is 17.0 Å². The van der Waals surface area contributed by atoms with Crippen molar-refractivity contribution in [2.75, 3.05) is 18.2 Å². The van der Waals surface area contributed by atoms with Crippen LogP contribution in [0.15, 0.2) is 17.1 Å². The summed E-state index contributed by atoms with van der Waals surface area (Å²) < 4.78 is 6.76. The summed E-state index contributed by atoms with van der Waals surface area (Å²) in [6.07, 6.45) is 0.534. The van der Waals surface area contributed by atoms with Gasteiger partial charge in [0.2, 0.25) is 0 Å². The third-order valence-electron chi connectivity index (χ3n) is 3.21. The van der Waals surface area contributed by atoms with Crippen LogP contribution in [0, 0.1) is 0 Å². The highest BCUT2D eigenvalue weighted by Gasteiger charge is 2.53. The molecule has 0 bridgehead atoms. The van der Waals surface area contributed by atoms with Crippen molar-refractivity contribution >= 4 is 17.4 Å². The topological polar surface area (TPSA) is 111 Å². The number of hydrogen-bond donors (Lipinski definition) is 3. The van der Waals surface area contributed by atoms with Crippen LogP contribution in [0.25, 0.3) is 0 Å². The summed E-state index contributed by atoms with van der Waals surface area (Å²) in [7, 11) is 0. The molecule has 3 unspecified atom stereocenters. The van der Waals surface area contributed by atoms with Gasteiger partial charge in [-0.25, -0.2) is 4.79 Å². The Morgan fingerprint density at radius 2 is 2.42 bits per heavy atom. The molecule has 0 aromatic carbocycles. The minimum Gasteiger partial charge on any atom is -0.393 e.